The first-order valence-corrected chi connectivity index (χ1v) is 8.94. The molecule has 0 unspecified atom stereocenters. The topological polar surface area (TPSA) is 63.5 Å². The van der Waals surface area contributed by atoms with Crippen LogP contribution in [0.2, 0.25) is 0 Å². The first-order valence-electron chi connectivity index (χ1n) is 8.94. The number of methoxy groups -OCH3 is 3. The zero-order valence-electron chi connectivity index (χ0n) is 16.7. The molecule has 0 atom stereocenters. The molecule has 6 nitrogen and oxygen atoms in total. The third-order valence-electron chi connectivity index (χ3n) is 4.37. The van der Waals surface area contributed by atoms with Crippen molar-refractivity contribution in [1.82, 2.24) is 0 Å². The summed E-state index contributed by atoms with van der Waals surface area (Å²) in [7, 11) is 4.74. The molecule has 0 aromatic heterocycles. The van der Waals surface area contributed by atoms with Gasteiger partial charge in [0.15, 0.2) is 11.5 Å². The Balaban J connectivity index is 2.18. The van der Waals surface area contributed by atoms with Crippen LogP contribution in [0, 0.1) is 0 Å². The Bertz CT molecular complexity index is 761. The van der Waals surface area contributed by atoms with E-state index in [1.165, 1.54) is 0 Å². The second kappa shape index (κ2) is 9.71. The van der Waals surface area contributed by atoms with Gasteiger partial charge in [-0.25, -0.2) is 0 Å². The normalized spacial score (nSPS) is 10.9. The van der Waals surface area contributed by atoms with Crippen molar-refractivity contribution in [3.63, 3.8) is 0 Å². The van der Waals surface area contributed by atoms with Crippen LogP contribution >= 0.6 is 0 Å². The fourth-order valence-corrected chi connectivity index (χ4v) is 2.90. The highest BCUT2D eigenvalue weighted by molar-refractivity contribution is 5.84. The minimum Gasteiger partial charge on any atom is -0.507 e. The quantitative estimate of drug-likeness (QED) is 0.677. The van der Waals surface area contributed by atoms with Gasteiger partial charge in [0.05, 0.1) is 27.9 Å². The second-order valence-electron chi connectivity index (χ2n) is 5.92. The van der Waals surface area contributed by atoms with Crippen LogP contribution < -0.4 is 19.1 Å². The first-order chi connectivity index (χ1) is 13.1. The molecule has 1 N–H and O–H groups in total. The van der Waals surface area contributed by atoms with Gasteiger partial charge in [-0.1, -0.05) is 0 Å². The molecule has 2 aromatic rings. The van der Waals surface area contributed by atoms with Crippen LogP contribution in [-0.4, -0.2) is 45.7 Å². The summed E-state index contributed by atoms with van der Waals surface area (Å²) < 4.78 is 16.0. The molecule has 0 amide bonds. The van der Waals surface area contributed by atoms with E-state index in [4.69, 9.17) is 14.2 Å². The Hall–Kier alpha value is -2.89. The van der Waals surface area contributed by atoms with Gasteiger partial charge in [0.25, 0.3) is 0 Å². The van der Waals surface area contributed by atoms with E-state index in [-0.39, 0.29) is 5.75 Å². The van der Waals surface area contributed by atoms with Crippen molar-refractivity contribution in [2.24, 2.45) is 4.99 Å². The van der Waals surface area contributed by atoms with E-state index in [1.54, 1.807) is 33.6 Å². The first kappa shape index (κ1) is 20.4. The van der Waals surface area contributed by atoms with Gasteiger partial charge in [-0.3, -0.25) is 4.99 Å². The van der Waals surface area contributed by atoms with Crippen molar-refractivity contribution in [2.45, 2.75) is 20.4 Å². The highest BCUT2D eigenvalue weighted by atomic mass is 16.5. The van der Waals surface area contributed by atoms with E-state index >= 15 is 0 Å². The second-order valence-corrected chi connectivity index (χ2v) is 5.92. The molecule has 0 saturated heterocycles. The van der Waals surface area contributed by atoms with Gasteiger partial charge in [-0.2, -0.15) is 0 Å². The van der Waals surface area contributed by atoms with E-state index in [0.717, 1.165) is 24.3 Å². The third-order valence-corrected chi connectivity index (χ3v) is 4.37. The number of hydrogen-bond donors (Lipinski definition) is 1. The van der Waals surface area contributed by atoms with Crippen molar-refractivity contribution in [3.05, 3.63) is 41.5 Å². The number of phenolic OH excluding ortho intramolecular Hbond substituents is 1. The van der Waals surface area contributed by atoms with Crippen LogP contribution in [0.3, 0.4) is 0 Å². The van der Waals surface area contributed by atoms with Crippen molar-refractivity contribution in [2.75, 3.05) is 39.3 Å². The summed E-state index contributed by atoms with van der Waals surface area (Å²) in [6.07, 6.45) is 1.67. The van der Waals surface area contributed by atoms with Crippen LogP contribution in [0.1, 0.15) is 25.0 Å². The van der Waals surface area contributed by atoms with Crippen molar-refractivity contribution < 1.29 is 19.3 Å². The monoisotopic (exact) mass is 372 g/mol. The third kappa shape index (κ3) is 4.84. The van der Waals surface area contributed by atoms with Gasteiger partial charge in [0, 0.05) is 36.6 Å². The lowest BCUT2D eigenvalue weighted by molar-refractivity contribution is 0.324. The van der Waals surface area contributed by atoms with E-state index < -0.39 is 0 Å². The maximum absolute atomic E-state index is 10.3. The molecule has 0 spiro atoms. The number of aromatic hydroxyl groups is 1. The fraction of sp³-hybridized carbons (Fsp3) is 0.381. The minimum absolute atomic E-state index is 0.216. The highest BCUT2D eigenvalue weighted by Gasteiger charge is 2.12. The van der Waals surface area contributed by atoms with Crippen LogP contribution in [0.4, 0.5) is 5.69 Å². The Kier molecular flexibility index (Phi) is 7.34. The zero-order valence-corrected chi connectivity index (χ0v) is 16.7. The lowest BCUT2D eigenvalue weighted by atomic mass is 10.1. The molecule has 0 aliphatic carbocycles. The van der Waals surface area contributed by atoms with Gasteiger partial charge >= 0.3 is 0 Å². The molecule has 2 rings (SSSR count). The summed E-state index contributed by atoms with van der Waals surface area (Å²) in [5.41, 5.74) is 2.60. The van der Waals surface area contributed by atoms with E-state index in [1.807, 2.05) is 24.3 Å². The zero-order chi connectivity index (χ0) is 19.8. The number of anilines is 1. The lowest BCUT2D eigenvalue weighted by Gasteiger charge is -2.21. The summed E-state index contributed by atoms with van der Waals surface area (Å²) in [4.78, 5) is 6.62. The Morgan fingerprint density at radius 2 is 1.59 bits per heavy atom. The van der Waals surface area contributed by atoms with Crippen LogP contribution in [-0.2, 0) is 6.54 Å². The van der Waals surface area contributed by atoms with Crippen molar-refractivity contribution in [1.29, 1.82) is 0 Å². The molecule has 0 heterocycles. The van der Waals surface area contributed by atoms with Crippen LogP contribution in [0.25, 0.3) is 0 Å². The smallest absolute Gasteiger partial charge is 0.203 e. The number of aliphatic imine (C=N–C) groups is 1. The average molecular weight is 372 g/mol. The molecule has 0 saturated carbocycles. The van der Waals surface area contributed by atoms with Gasteiger partial charge in [-0.05, 0) is 43.7 Å². The number of hydrogen-bond acceptors (Lipinski definition) is 6. The Morgan fingerprint density at radius 1 is 0.963 bits per heavy atom. The van der Waals surface area contributed by atoms with E-state index in [2.05, 4.69) is 23.7 Å². The number of benzene rings is 2. The predicted octanol–water partition coefficient (Wildman–Crippen LogP) is 3.88. The summed E-state index contributed by atoms with van der Waals surface area (Å²) in [6, 6.07) is 9.37. The maximum Gasteiger partial charge on any atom is 0.203 e. The molecule has 0 aliphatic heterocycles. The van der Waals surface area contributed by atoms with Gasteiger partial charge in [-0.15, -0.1) is 0 Å². The SMILES string of the molecule is CCN(CC)c1ccc(C=NCc2cc(OC)c(OC)c(OC)c2)c(O)c1. The van der Waals surface area contributed by atoms with Gasteiger partial charge in [0.2, 0.25) is 5.75 Å². The van der Waals surface area contributed by atoms with Crippen LogP contribution in [0.15, 0.2) is 35.3 Å². The lowest BCUT2D eigenvalue weighted by Crippen LogP contribution is -2.21. The van der Waals surface area contributed by atoms with E-state index in [0.29, 0.717) is 29.4 Å². The fourth-order valence-electron chi connectivity index (χ4n) is 2.90. The number of phenols is 1. The molecule has 2 aromatic carbocycles. The van der Waals surface area contributed by atoms with Gasteiger partial charge in [0.1, 0.15) is 5.75 Å². The predicted molar refractivity (Wildman–Crippen MR) is 109 cm³/mol. The molecule has 0 bridgehead atoms. The maximum atomic E-state index is 10.3. The van der Waals surface area contributed by atoms with Crippen molar-refractivity contribution in [3.8, 4) is 23.0 Å². The number of nitrogens with zero attached hydrogens (tertiary/aromatic N) is 2. The average Bonchev–Trinajstić information content (AvgIpc) is 2.69. The summed E-state index contributed by atoms with van der Waals surface area (Å²) in [5, 5.41) is 10.3. The Morgan fingerprint density at radius 3 is 2.07 bits per heavy atom. The molecule has 0 fully saturated rings. The molecule has 0 radical (unpaired) electrons. The molecule has 146 valence electrons. The molecular weight excluding hydrogens is 344 g/mol. The number of ether oxygens (including phenoxy) is 3. The van der Waals surface area contributed by atoms with Crippen molar-refractivity contribution >= 4 is 11.9 Å². The summed E-state index contributed by atoms with van der Waals surface area (Å²) >= 11 is 0. The molecule has 6 heteroatoms. The standard InChI is InChI=1S/C21H28N2O4/c1-6-23(7-2)17-9-8-16(18(24)12-17)14-22-13-15-10-19(25-3)21(27-5)20(11-15)26-4/h8-12,14,24H,6-7,13H2,1-5H3. The van der Waals surface area contributed by atoms with Crippen LogP contribution in [0.5, 0.6) is 23.0 Å². The highest BCUT2D eigenvalue weighted by Crippen LogP contribution is 2.38. The molecular formula is C21H28N2O4. The van der Waals surface area contributed by atoms with Gasteiger partial charge < -0.3 is 24.2 Å². The van der Waals surface area contributed by atoms with E-state index in [9.17, 15) is 5.11 Å². The molecule has 0 aliphatic rings. The largest absolute Gasteiger partial charge is 0.507 e. The summed E-state index contributed by atoms with van der Waals surface area (Å²) in [5.74, 6) is 1.95. The minimum atomic E-state index is 0.216. The molecule has 27 heavy (non-hydrogen) atoms. The Labute approximate surface area is 161 Å². The number of rotatable bonds is 9. The summed E-state index contributed by atoms with van der Waals surface area (Å²) in [6.45, 7) is 6.39.